The lowest BCUT2D eigenvalue weighted by molar-refractivity contribution is 1.03. The van der Waals surface area contributed by atoms with Crippen LogP contribution in [0.5, 0.6) is 0 Å². The maximum Gasteiger partial charge on any atom is 0.0775 e. The zero-order valence-corrected chi connectivity index (χ0v) is 44.0. The molecule has 0 saturated carbocycles. The van der Waals surface area contributed by atoms with Crippen LogP contribution in [-0.4, -0.2) is 52.2 Å². The average molecular weight is 905 g/mol. The summed E-state index contributed by atoms with van der Waals surface area (Å²) < 4.78 is 0. The Morgan fingerprint density at radius 2 is 0.562 bits per heavy atom. The summed E-state index contributed by atoms with van der Waals surface area (Å²) in [5.74, 6) is 0. The number of aryl methyl sites for hydroxylation is 2. The van der Waals surface area contributed by atoms with Crippen molar-refractivity contribution >= 4 is 87.3 Å². The topological polar surface area (TPSA) is 57.4 Å². The van der Waals surface area contributed by atoms with Crippen LogP contribution < -0.4 is 20.7 Å². The number of fused-ring (bicyclic) bond motifs is 8. The summed E-state index contributed by atoms with van der Waals surface area (Å²) in [5.41, 5.74) is 17.6. The minimum absolute atomic E-state index is 0.849. The summed E-state index contributed by atoms with van der Waals surface area (Å²) in [5, 5.41) is 5.80. The maximum absolute atomic E-state index is 5.69. The number of hydrogen-bond donors (Lipinski definition) is 2. The number of aromatic amines is 2. The van der Waals surface area contributed by atoms with Crippen molar-refractivity contribution in [2.45, 2.75) is 91.4 Å². The van der Waals surface area contributed by atoms with Gasteiger partial charge in [-0.3, -0.25) is 4.98 Å². The minimum atomic E-state index is -1.52. The molecule has 4 nitrogen and oxygen atoms in total. The van der Waals surface area contributed by atoms with E-state index in [1.165, 1.54) is 31.9 Å². The summed E-state index contributed by atoms with van der Waals surface area (Å²) in [6.07, 6.45) is 6.13. The van der Waals surface area contributed by atoms with Crippen LogP contribution in [-0.2, 0) is 12.8 Å². The van der Waals surface area contributed by atoms with Gasteiger partial charge in [0.15, 0.2) is 0 Å². The highest BCUT2D eigenvalue weighted by molar-refractivity contribution is 6.90. The van der Waals surface area contributed by atoms with Crippen LogP contribution in [0.3, 0.4) is 0 Å². The Hall–Kier alpha value is -5.39. The van der Waals surface area contributed by atoms with Crippen molar-refractivity contribution in [2.24, 2.45) is 0 Å². The third kappa shape index (κ3) is 8.61. The molecular weight excluding hydrogens is 841 g/mol. The molecule has 2 N–H and O–H groups in total. The van der Waals surface area contributed by atoms with Gasteiger partial charge < -0.3 is 9.97 Å². The lowest BCUT2D eigenvalue weighted by Crippen LogP contribution is -2.37. The molecule has 0 atom stereocenters. The molecule has 9 rings (SSSR count). The van der Waals surface area contributed by atoms with Gasteiger partial charge in [-0.05, 0) is 71.5 Å². The maximum atomic E-state index is 5.69. The van der Waals surface area contributed by atoms with Crippen molar-refractivity contribution in [3.8, 4) is 44.5 Å². The third-order valence-corrected chi connectivity index (χ3v) is 21.5. The monoisotopic (exact) mass is 904 g/mol. The van der Waals surface area contributed by atoms with Crippen LogP contribution in [0.25, 0.3) is 78.7 Å². The van der Waals surface area contributed by atoms with Gasteiger partial charge in [-0.1, -0.05) is 196 Å². The van der Waals surface area contributed by atoms with E-state index in [2.05, 4.69) is 222 Å². The fourth-order valence-corrected chi connectivity index (χ4v) is 13.9. The summed E-state index contributed by atoms with van der Waals surface area (Å²) in [6, 6.07) is 46.4. The van der Waals surface area contributed by atoms with E-state index in [-0.39, 0.29) is 0 Å². The van der Waals surface area contributed by atoms with Crippen molar-refractivity contribution < 1.29 is 0 Å². The van der Waals surface area contributed by atoms with Crippen molar-refractivity contribution in [1.82, 2.24) is 19.9 Å². The van der Waals surface area contributed by atoms with E-state index in [1.807, 2.05) is 0 Å². The van der Waals surface area contributed by atoms with E-state index in [0.29, 0.717) is 0 Å². The largest absolute Gasteiger partial charge is 0.354 e. The predicted octanol–water partition coefficient (Wildman–Crippen LogP) is 13.1. The molecule has 0 unspecified atom stereocenters. The first-order valence-corrected chi connectivity index (χ1v) is 37.1. The molecule has 2 aliphatic rings. The van der Waals surface area contributed by atoms with Crippen LogP contribution in [0.2, 0.25) is 78.6 Å². The molecule has 5 heterocycles. The molecule has 0 radical (unpaired) electrons. The number of nitrogens with one attached hydrogen (secondary N) is 2. The van der Waals surface area contributed by atoms with Crippen LogP contribution in [0.15, 0.2) is 121 Å². The highest BCUT2D eigenvalue weighted by Gasteiger charge is 2.24. The fraction of sp³-hybridized carbons (Fsp3) is 0.250. The summed E-state index contributed by atoms with van der Waals surface area (Å²) >= 11 is 0. The van der Waals surface area contributed by atoms with Gasteiger partial charge in [0.25, 0.3) is 0 Å². The Kier molecular flexibility index (Phi) is 11.1. The second kappa shape index (κ2) is 16.2. The predicted molar refractivity (Wildman–Crippen MR) is 291 cm³/mol. The van der Waals surface area contributed by atoms with Crippen LogP contribution in [0.4, 0.5) is 0 Å². The number of rotatable bonds is 8. The normalized spacial score (nSPS) is 13.4. The van der Waals surface area contributed by atoms with Gasteiger partial charge in [-0.25, -0.2) is 4.98 Å². The smallest absolute Gasteiger partial charge is 0.0775 e. The fourth-order valence-electron chi connectivity index (χ4n) is 9.27. The van der Waals surface area contributed by atoms with Crippen LogP contribution >= 0.6 is 0 Å². The van der Waals surface area contributed by atoms with Gasteiger partial charge in [0.05, 0.1) is 55.1 Å². The standard InChI is InChI=1S/C56H64N4Si4/c1-61(2,3)41-21-13-37(14-22-41)53-45-29-31-47(57-45)54(38-15-23-42(24-16-38)62(4,5)6)49-33-35-51(59-49)56(40-19-27-44(28-20-40)64(10,11)12)52-36-34-50(60-52)55(48-32-30-46(53)58-48)39-17-25-43(26-18-39)63(7,8)9/h13-33,35,58-59H,34,36H2,1-12H3. The average Bonchev–Trinajstić information content (AvgIpc) is 4.08. The van der Waals surface area contributed by atoms with Crippen LogP contribution in [0.1, 0.15) is 22.8 Å². The molecule has 324 valence electrons. The van der Waals surface area contributed by atoms with E-state index >= 15 is 0 Å². The quantitative estimate of drug-likeness (QED) is 0.149. The first-order valence-electron chi connectivity index (χ1n) is 23.1. The minimum Gasteiger partial charge on any atom is -0.354 e. The van der Waals surface area contributed by atoms with Gasteiger partial charge in [0.2, 0.25) is 0 Å². The van der Waals surface area contributed by atoms with E-state index in [0.717, 1.165) is 91.1 Å². The van der Waals surface area contributed by atoms with Crippen molar-refractivity contribution in [3.05, 3.63) is 144 Å². The van der Waals surface area contributed by atoms with Gasteiger partial charge in [-0.2, -0.15) is 0 Å². The van der Waals surface area contributed by atoms with Gasteiger partial charge in [-0.15, -0.1) is 0 Å². The van der Waals surface area contributed by atoms with Gasteiger partial charge >= 0.3 is 0 Å². The molecule has 3 aromatic heterocycles. The molecule has 0 aliphatic carbocycles. The highest BCUT2D eigenvalue weighted by Crippen LogP contribution is 2.38. The number of H-pyrrole nitrogens is 2. The molecule has 7 aromatic rings. The van der Waals surface area contributed by atoms with Crippen molar-refractivity contribution in [2.75, 3.05) is 0 Å². The van der Waals surface area contributed by atoms with Gasteiger partial charge in [0.1, 0.15) is 0 Å². The Morgan fingerprint density at radius 3 is 0.828 bits per heavy atom. The molecule has 0 fully saturated rings. The molecule has 8 heteroatoms. The Balaban J connectivity index is 1.41. The molecule has 64 heavy (non-hydrogen) atoms. The molecule has 4 aromatic carbocycles. The molecule has 8 bridgehead atoms. The molecular formula is C56H64N4Si4. The van der Waals surface area contributed by atoms with E-state index in [9.17, 15) is 0 Å². The molecule has 2 aliphatic heterocycles. The third-order valence-electron chi connectivity index (χ3n) is 13.2. The number of benzene rings is 4. The van der Waals surface area contributed by atoms with Crippen molar-refractivity contribution in [3.63, 3.8) is 0 Å². The second-order valence-electron chi connectivity index (χ2n) is 22.1. The first-order chi connectivity index (χ1) is 30.2. The number of nitrogens with zero attached hydrogens (tertiary/aromatic N) is 2. The second-order valence-corrected chi connectivity index (χ2v) is 42.4. The Labute approximate surface area is 385 Å². The lowest BCUT2D eigenvalue weighted by atomic mass is 10.0. The summed E-state index contributed by atoms with van der Waals surface area (Å²) in [6.45, 7) is 29.0. The zero-order chi connectivity index (χ0) is 45.3. The Bertz CT molecular complexity index is 2880. The Morgan fingerprint density at radius 1 is 0.312 bits per heavy atom. The van der Waals surface area contributed by atoms with E-state index < -0.39 is 32.3 Å². The molecule has 0 spiro atoms. The summed E-state index contributed by atoms with van der Waals surface area (Å²) in [4.78, 5) is 19.3. The lowest BCUT2D eigenvalue weighted by Gasteiger charge is -2.17. The highest BCUT2D eigenvalue weighted by atomic mass is 28.3. The van der Waals surface area contributed by atoms with Crippen LogP contribution in [0, 0.1) is 0 Å². The number of hydrogen-bond acceptors (Lipinski definition) is 2. The first kappa shape index (κ1) is 43.8. The zero-order valence-electron chi connectivity index (χ0n) is 40.0. The summed E-state index contributed by atoms with van der Waals surface area (Å²) in [7, 11) is -6.05. The SMILES string of the molecule is C[Si](C)(C)c1ccc(-c2c3nc(c(-c4ccc([Si](C)(C)C)cc4)c4ccc([nH]4)c(-c4ccc([Si](C)(C)C)cc4)c4nc(c(-c5ccc([Si](C)(C)C)cc5)c5ccc2[nH]5)CC4)C=C3)cc1. The van der Waals surface area contributed by atoms with E-state index in [1.54, 1.807) is 0 Å². The molecule has 0 saturated heterocycles. The number of aromatic nitrogens is 4. The molecule has 0 amide bonds. The van der Waals surface area contributed by atoms with Crippen molar-refractivity contribution in [1.29, 1.82) is 0 Å². The van der Waals surface area contributed by atoms with Gasteiger partial charge in [0, 0.05) is 44.3 Å². The van der Waals surface area contributed by atoms with E-state index in [4.69, 9.17) is 9.97 Å².